The first-order chi connectivity index (χ1) is 9.90. The fraction of sp³-hybridized carbons (Fsp3) is 0.286. The van der Waals surface area contributed by atoms with E-state index in [0.29, 0.717) is 17.9 Å². The number of primary sulfonamides is 1. The van der Waals surface area contributed by atoms with E-state index in [1.807, 2.05) is 19.1 Å². The van der Waals surface area contributed by atoms with Crippen LogP contribution in [0.5, 0.6) is 5.75 Å². The molecule has 0 radical (unpaired) electrons. The molecule has 0 saturated carbocycles. The van der Waals surface area contributed by atoms with E-state index in [-0.39, 0.29) is 10.9 Å². The van der Waals surface area contributed by atoms with Crippen molar-refractivity contribution in [1.82, 2.24) is 0 Å². The highest BCUT2D eigenvalue weighted by molar-refractivity contribution is 7.89. The Bertz CT molecular complexity index is 696. The van der Waals surface area contributed by atoms with Crippen molar-refractivity contribution in [2.24, 2.45) is 5.14 Å². The first-order valence-electron chi connectivity index (χ1n) is 6.40. The lowest BCUT2D eigenvalue weighted by Crippen LogP contribution is -2.19. The average molecular weight is 310 g/mol. The zero-order valence-electron chi connectivity index (χ0n) is 11.9. The van der Waals surface area contributed by atoms with Gasteiger partial charge in [-0.1, -0.05) is 0 Å². The molecule has 0 aliphatic carbocycles. The molecule has 0 amide bonds. The number of hydrogen-bond acceptors (Lipinski definition) is 5. The van der Waals surface area contributed by atoms with Gasteiger partial charge in [0.25, 0.3) is 0 Å². The summed E-state index contributed by atoms with van der Waals surface area (Å²) in [4.78, 5) is 0.0380. The molecule has 2 aromatic rings. The summed E-state index contributed by atoms with van der Waals surface area (Å²) in [6, 6.07) is 8.19. The molecule has 2 rings (SSSR count). The highest BCUT2D eigenvalue weighted by Crippen LogP contribution is 2.28. The molecule has 3 N–H and O–H groups in total. The molecule has 21 heavy (non-hydrogen) atoms. The lowest BCUT2D eigenvalue weighted by Gasteiger charge is -2.17. The molecule has 0 spiro atoms. The second kappa shape index (κ2) is 6.19. The normalized spacial score (nSPS) is 12.9. The molecule has 1 aromatic carbocycles. The molecule has 7 heteroatoms. The third kappa shape index (κ3) is 3.99. The lowest BCUT2D eigenvalue weighted by atomic mass is 10.2. The molecular weight excluding hydrogens is 292 g/mol. The van der Waals surface area contributed by atoms with Crippen LogP contribution in [-0.2, 0) is 16.4 Å². The molecule has 0 aliphatic heterocycles. The molecule has 0 bridgehead atoms. The SMILES string of the molecule is COc1ccc(S(N)(=O)=O)cc1NC(C)Cc1ccco1. The van der Waals surface area contributed by atoms with Gasteiger partial charge in [0.2, 0.25) is 10.0 Å². The number of ether oxygens (including phenoxy) is 1. The largest absolute Gasteiger partial charge is 0.495 e. The quantitative estimate of drug-likeness (QED) is 0.850. The number of furan rings is 1. The van der Waals surface area contributed by atoms with E-state index in [4.69, 9.17) is 14.3 Å². The van der Waals surface area contributed by atoms with E-state index in [1.54, 1.807) is 12.3 Å². The molecule has 0 saturated heterocycles. The highest BCUT2D eigenvalue weighted by atomic mass is 32.2. The van der Waals surface area contributed by atoms with Gasteiger partial charge in [-0.25, -0.2) is 13.6 Å². The molecule has 1 aromatic heterocycles. The maximum atomic E-state index is 11.4. The first kappa shape index (κ1) is 15.4. The van der Waals surface area contributed by atoms with Gasteiger partial charge in [0.1, 0.15) is 11.5 Å². The summed E-state index contributed by atoms with van der Waals surface area (Å²) in [5.41, 5.74) is 0.572. The molecule has 0 aliphatic rings. The lowest BCUT2D eigenvalue weighted by molar-refractivity contribution is 0.415. The van der Waals surface area contributed by atoms with Gasteiger partial charge < -0.3 is 14.5 Å². The van der Waals surface area contributed by atoms with Crippen LogP contribution >= 0.6 is 0 Å². The van der Waals surface area contributed by atoms with E-state index in [1.165, 1.54) is 19.2 Å². The second-order valence-electron chi connectivity index (χ2n) is 4.74. The summed E-state index contributed by atoms with van der Waals surface area (Å²) < 4.78 is 33.4. The number of sulfonamides is 1. The Labute approximate surface area is 124 Å². The predicted octanol–water partition coefficient (Wildman–Crippen LogP) is 1.98. The van der Waals surface area contributed by atoms with Crippen LogP contribution in [0.3, 0.4) is 0 Å². The number of methoxy groups -OCH3 is 1. The number of hydrogen-bond donors (Lipinski definition) is 2. The number of nitrogens with two attached hydrogens (primary N) is 1. The van der Waals surface area contributed by atoms with Gasteiger partial charge in [-0.2, -0.15) is 0 Å². The molecule has 1 unspecified atom stereocenters. The number of rotatable bonds is 6. The molecule has 114 valence electrons. The van der Waals surface area contributed by atoms with E-state index in [2.05, 4.69) is 5.32 Å². The van der Waals surface area contributed by atoms with Crippen molar-refractivity contribution >= 4 is 15.7 Å². The van der Waals surface area contributed by atoms with Crippen molar-refractivity contribution in [2.75, 3.05) is 12.4 Å². The van der Waals surface area contributed by atoms with Crippen LogP contribution in [0.25, 0.3) is 0 Å². The minimum absolute atomic E-state index is 0.0285. The molecule has 6 nitrogen and oxygen atoms in total. The van der Waals surface area contributed by atoms with Gasteiger partial charge in [-0.3, -0.25) is 0 Å². The van der Waals surface area contributed by atoms with Crippen molar-refractivity contribution in [3.05, 3.63) is 42.4 Å². The smallest absolute Gasteiger partial charge is 0.238 e. The standard InChI is InChI=1S/C14H18N2O4S/c1-10(8-11-4-3-7-20-11)16-13-9-12(21(15,17)18)5-6-14(13)19-2/h3-7,9-10,16H,8H2,1-2H3,(H2,15,17,18). The van der Waals surface area contributed by atoms with Crippen LogP contribution in [0.2, 0.25) is 0 Å². The van der Waals surface area contributed by atoms with Gasteiger partial charge in [0.15, 0.2) is 0 Å². The van der Waals surface area contributed by atoms with Crippen LogP contribution < -0.4 is 15.2 Å². The minimum atomic E-state index is -3.75. The first-order valence-corrected chi connectivity index (χ1v) is 7.94. The van der Waals surface area contributed by atoms with Crippen molar-refractivity contribution in [3.8, 4) is 5.75 Å². The number of nitrogens with one attached hydrogen (secondary N) is 1. The molecule has 1 heterocycles. The maximum absolute atomic E-state index is 11.4. The van der Waals surface area contributed by atoms with Gasteiger partial charge in [-0.15, -0.1) is 0 Å². The van der Waals surface area contributed by atoms with Crippen molar-refractivity contribution in [1.29, 1.82) is 0 Å². The summed E-state index contributed by atoms with van der Waals surface area (Å²) in [5.74, 6) is 1.39. The van der Waals surface area contributed by atoms with Crippen LogP contribution in [0.4, 0.5) is 5.69 Å². The summed E-state index contributed by atoms with van der Waals surface area (Å²) >= 11 is 0. The summed E-state index contributed by atoms with van der Waals surface area (Å²) in [5, 5.41) is 8.35. The van der Waals surface area contributed by atoms with Gasteiger partial charge in [0, 0.05) is 12.5 Å². The zero-order chi connectivity index (χ0) is 15.5. The number of anilines is 1. The molecule has 1 atom stereocenters. The van der Waals surface area contributed by atoms with E-state index < -0.39 is 10.0 Å². The Hall–Kier alpha value is -1.99. The Morgan fingerprint density at radius 1 is 1.38 bits per heavy atom. The van der Waals surface area contributed by atoms with Crippen LogP contribution in [-0.4, -0.2) is 21.6 Å². The predicted molar refractivity (Wildman–Crippen MR) is 79.9 cm³/mol. The molecular formula is C14H18N2O4S. The fourth-order valence-corrected chi connectivity index (χ4v) is 2.56. The maximum Gasteiger partial charge on any atom is 0.238 e. The van der Waals surface area contributed by atoms with Crippen molar-refractivity contribution in [2.45, 2.75) is 24.3 Å². The third-order valence-electron chi connectivity index (χ3n) is 2.99. The van der Waals surface area contributed by atoms with Crippen molar-refractivity contribution < 1.29 is 17.6 Å². The highest BCUT2D eigenvalue weighted by Gasteiger charge is 2.14. The van der Waals surface area contributed by atoms with Crippen molar-refractivity contribution in [3.63, 3.8) is 0 Å². The minimum Gasteiger partial charge on any atom is -0.495 e. The fourth-order valence-electron chi connectivity index (χ4n) is 2.02. The Morgan fingerprint density at radius 3 is 2.71 bits per heavy atom. The summed E-state index contributed by atoms with van der Waals surface area (Å²) in [6.07, 6.45) is 2.28. The number of benzene rings is 1. The summed E-state index contributed by atoms with van der Waals surface area (Å²) in [6.45, 7) is 1.96. The third-order valence-corrected chi connectivity index (χ3v) is 3.90. The van der Waals surface area contributed by atoms with E-state index in [9.17, 15) is 8.42 Å². The van der Waals surface area contributed by atoms with Crippen LogP contribution in [0, 0.1) is 0 Å². The topological polar surface area (TPSA) is 94.6 Å². The zero-order valence-corrected chi connectivity index (χ0v) is 12.7. The second-order valence-corrected chi connectivity index (χ2v) is 6.30. The van der Waals surface area contributed by atoms with Gasteiger partial charge in [0.05, 0.1) is 24.0 Å². The van der Waals surface area contributed by atoms with Crippen LogP contribution in [0.1, 0.15) is 12.7 Å². The van der Waals surface area contributed by atoms with E-state index in [0.717, 1.165) is 5.76 Å². The monoisotopic (exact) mass is 310 g/mol. The van der Waals surface area contributed by atoms with Gasteiger partial charge >= 0.3 is 0 Å². The Kier molecular flexibility index (Phi) is 4.54. The Balaban J connectivity index is 2.21. The van der Waals surface area contributed by atoms with E-state index >= 15 is 0 Å². The summed E-state index contributed by atoms with van der Waals surface area (Å²) in [7, 11) is -2.23. The Morgan fingerprint density at radius 2 is 2.14 bits per heavy atom. The average Bonchev–Trinajstić information content (AvgIpc) is 2.90. The van der Waals surface area contributed by atoms with Gasteiger partial charge in [-0.05, 0) is 37.3 Å². The van der Waals surface area contributed by atoms with Crippen LogP contribution in [0.15, 0.2) is 45.9 Å². The molecule has 0 fully saturated rings.